The lowest BCUT2D eigenvalue weighted by Gasteiger charge is -2.45. The molecule has 5 N–H and O–H groups in total. The summed E-state index contributed by atoms with van der Waals surface area (Å²) in [4.78, 5) is 16.5. The Morgan fingerprint density at radius 3 is 2.17 bits per heavy atom. The molecule has 0 saturated carbocycles. The number of benzene rings is 2. The van der Waals surface area contributed by atoms with Crippen LogP contribution in [0.1, 0.15) is 0 Å². The fourth-order valence-corrected chi connectivity index (χ4v) is 7.19. The Morgan fingerprint density at radius 2 is 1.40 bits per heavy atom. The maximum absolute atomic E-state index is 11.2. The quantitative estimate of drug-likeness (QED) is 0.194. The van der Waals surface area contributed by atoms with Gasteiger partial charge in [-0.2, -0.15) is 0 Å². The van der Waals surface area contributed by atoms with E-state index >= 15 is 0 Å². The van der Waals surface area contributed by atoms with Gasteiger partial charge >= 0.3 is 0 Å². The summed E-state index contributed by atoms with van der Waals surface area (Å²) in [6.07, 6.45) is 1.77. The summed E-state index contributed by atoms with van der Waals surface area (Å²) in [5.74, 6) is 2.46. The van der Waals surface area contributed by atoms with Gasteiger partial charge in [-0.3, -0.25) is 0 Å². The number of anilines is 5. The Hall–Kier alpha value is -5.76. The highest BCUT2D eigenvalue weighted by Crippen LogP contribution is 2.38. The van der Waals surface area contributed by atoms with Crippen molar-refractivity contribution in [3.63, 3.8) is 0 Å². The first-order valence-electron chi connectivity index (χ1n) is 16.3. The molecule has 4 aliphatic rings. The van der Waals surface area contributed by atoms with Crippen LogP contribution in [-0.2, 0) is 0 Å². The van der Waals surface area contributed by atoms with Crippen LogP contribution < -0.4 is 30.7 Å². The minimum absolute atomic E-state index is 0.120. The number of rotatable bonds is 4. The van der Waals surface area contributed by atoms with E-state index in [-0.39, 0.29) is 17.5 Å². The predicted molar refractivity (Wildman–Crippen MR) is 184 cm³/mol. The average molecular weight is 643 g/mol. The number of hydrogen-bond donors (Lipinski definition) is 5. The second-order valence-electron chi connectivity index (χ2n) is 12.5. The zero-order valence-corrected chi connectivity index (χ0v) is 26.1. The molecule has 2 fully saturated rings. The standard InChI is InChI=1S/C34H34N12O2/c47-30-4-2-1-3-23(30)26-14-29-33(43-40-26)38-18-22-19-44(11-12-46(22)29)34-36-8-7-25(39-34)20-5-6-24(31(48)13-20)27-15-28-32(42-41-27)37-17-21-16-35-9-10-45(21)28/h1-8,13-15,21-22,35,47-48H,9-12,16-19H2,(H,37,42)(H,38,43)/t21-,22+/m1/s1. The Balaban J connectivity index is 0.939. The largest absolute Gasteiger partial charge is 0.507 e. The highest BCUT2D eigenvalue weighted by Gasteiger charge is 2.34. The van der Waals surface area contributed by atoms with Crippen LogP contribution in [0.4, 0.5) is 29.0 Å². The molecule has 2 atom stereocenters. The molecule has 3 aromatic heterocycles. The molecule has 0 unspecified atom stereocenters. The van der Waals surface area contributed by atoms with E-state index in [1.54, 1.807) is 24.4 Å². The number of hydrogen-bond acceptors (Lipinski definition) is 14. The van der Waals surface area contributed by atoms with E-state index in [0.29, 0.717) is 47.6 Å². The van der Waals surface area contributed by atoms with Crippen LogP contribution in [0, 0.1) is 0 Å². The molecule has 7 heterocycles. The summed E-state index contributed by atoms with van der Waals surface area (Å²) in [6.45, 7) is 6.47. The number of phenols is 2. The number of aromatic nitrogens is 6. The Labute approximate surface area is 276 Å². The smallest absolute Gasteiger partial charge is 0.225 e. The number of nitrogens with one attached hydrogen (secondary N) is 3. The number of para-hydroxylation sites is 1. The summed E-state index contributed by atoms with van der Waals surface area (Å²) < 4.78 is 0. The van der Waals surface area contributed by atoms with Crippen LogP contribution in [0.15, 0.2) is 66.9 Å². The van der Waals surface area contributed by atoms with Gasteiger partial charge in [0.25, 0.3) is 0 Å². The molecule has 4 aliphatic heterocycles. The molecule has 9 rings (SSSR count). The lowest BCUT2D eigenvalue weighted by Crippen LogP contribution is -2.58. The van der Waals surface area contributed by atoms with E-state index < -0.39 is 0 Å². The second-order valence-corrected chi connectivity index (χ2v) is 12.5. The van der Waals surface area contributed by atoms with E-state index in [9.17, 15) is 10.2 Å². The number of aromatic hydroxyl groups is 2. The van der Waals surface area contributed by atoms with Crippen LogP contribution in [0.25, 0.3) is 33.8 Å². The monoisotopic (exact) mass is 642 g/mol. The molecule has 0 amide bonds. The summed E-state index contributed by atoms with van der Waals surface area (Å²) in [7, 11) is 0. The third-order valence-electron chi connectivity index (χ3n) is 9.68. The van der Waals surface area contributed by atoms with Gasteiger partial charge in [0.1, 0.15) is 11.5 Å². The predicted octanol–water partition coefficient (Wildman–Crippen LogP) is 2.79. The van der Waals surface area contributed by atoms with Crippen LogP contribution in [0.3, 0.4) is 0 Å². The Kier molecular flexibility index (Phi) is 6.81. The minimum atomic E-state index is 0.120. The van der Waals surface area contributed by atoms with Crippen molar-refractivity contribution in [1.29, 1.82) is 0 Å². The average Bonchev–Trinajstić information content (AvgIpc) is 3.14. The third-order valence-corrected chi connectivity index (χ3v) is 9.68. The molecular formula is C34H34N12O2. The molecular weight excluding hydrogens is 608 g/mol. The molecule has 2 saturated heterocycles. The van der Waals surface area contributed by atoms with Gasteiger partial charge in [-0.1, -0.05) is 18.2 Å². The summed E-state index contributed by atoms with van der Waals surface area (Å²) in [6, 6.07) is 19.1. The number of nitrogens with zero attached hydrogens (tertiary/aromatic N) is 9. The van der Waals surface area contributed by atoms with Gasteiger partial charge in [0.2, 0.25) is 5.95 Å². The molecule has 242 valence electrons. The van der Waals surface area contributed by atoms with E-state index in [0.717, 1.165) is 73.5 Å². The fourth-order valence-electron chi connectivity index (χ4n) is 7.19. The van der Waals surface area contributed by atoms with Crippen molar-refractivity contribution in [1.82, 2.24) is 35.7 Å². The van der Waals surface area contributed by atoms with E-state index in [1.807, 2.05) is 42.5 Å². The molecule has 14 heteroatoms. The molecule has 0 bridgehead atoms. The number of piperazine rings is 2. The SMILES string of the molecule is Oc1cc(-c2ccnc(N3CCN4c5cc(-c6ccccc6O)nnc5NC[C@H]4C3)n2)ccc1-c1cc2c(nn1)NC[C@H]1CNCCN21. The van der Waals surface area contributed by atoms with Crippen molar-refractivity contribution in [3.05, 3.63) is 66.9 Å². The molecule has 2 aromatic carbocycles. The van der Waals surface area contributed by atoms with Gasteiger partial charge < -0.3 is 40.9 Å². The van der Waals surface area contributed by atoms with Gasteiger partial charge in [0, 0.05) is 75.2 Å². The van der Waals surface area contributed by atoms with E-state index in [1.165, 1.54) is 0 Å². The Morgan fingerprint density at radius 1 is 0.667 bits per heavy atom. The van der Waals surface area contributed by atoms with Gasteiger partial charge in [0.05, 0.1) is 40.5 Å². The van der Waals surface area contributed by atoms with Gasteiger partial charge in [-0.25, -0.2) is 9.97 Å². The summed E-state index contributed by atoms with van der Waals surface area (Å²) in [5, 5.41) is 49.5. The van der Waals surface area contributed by atoms with Crippen LogP contribution in [0.5, 0.6) is 11.5 Å². The van der Waals surface area contributed by atoms with Crippen LogP contribution >= 0.6 is 0 Å². The molecule has 48 heavy (non-hydrogen) atoms. The molecule has 0 spiro atoms. The highest BCUT2D eigenvalue weighted by molar-refractivity contribution is 5.79. The summed E-state index contributed by atoms with van der Waals surface area (Å²) in [5.41, 5.74) is 6.03. The summed E-state index contributed by atoms with van der Waals surface area (Å²) >= 11 is 0. The normalized spacial score (nSPS) is 19.7. The van der Waals surface area contributed by atoms with Crippen molar-refractivity contribution in [2.75, 3.05) is 77.7 Å². The van der Waals surface area contributed by atoms with Gasteiger partial charge in [-0.05, 0) is 42.5 Å². The minimum Gasteiger partial charge on any atom is -0.507 e. The van der Waals surface area contributed by atoms with Crippen molar-refractivity contribution < 1.29 is 10.2 Å². The van der Waals surface area contributed by atoms with Crippen molar-refractivity contribution in [2.24, 2.45) is 0 Å². The fraction of sp³-hybridized carbons (Fsp3) is 0.294. The van der Waals surface area contributed by atoms with Crippen LogP contribution in [0.2, 0.25) is 0 Å². The zero-order chi connectivity index (χ0) is 32.2. The Bertz CT molecular complexity index is 2020. The van der Waals surface area contributed by atoms with Crippen molar-refractivity contribution in [2.45, 2.75) is 12.1 Å². The topological polar surface area (TPSA) is 164 Å². The molecule has 5 aromatic rings. The van der Waals surface area contributed by atoms with E-state index in [2.05, 4.69) is 56.0 Å². The maximum atomic E-state index is 11.2. The van der Waals surface area contributed by atoms with Crippen LogP contribution in [-0.4, -0.2) is 105 Å². The first-order chi connectivity index (χ1) is 23.6. The van der Waals surface area contributed by atoms with Crippen molar-refractivity contribution >= 4 is 29.0 Å². The van der Waals surface area contributed by atoms with Gasteiger partial charge in [0.15, 0.2) is 11.6 Å². The first kappa shape index (κ1) is 28.5. The lowest BCUT2D eigenvalue weighted by molar-refractivity contribution is 0.476. The second kappa shape index (κ2) is 11.5. The molecule has 0 radical (unpaired) electrons. The zero-order valence-electron chi connectivity index (χ0n) is 26.1. The van der Waals surface area contributed by atoms with Crippen molar-refractivity contribution in [3.8, 4) is 45.3 Å². The number of phenolic OH excluding ortho intramolecular Hbond substituents is 2. The number of fused-ring (bicyclic) bond motifs is 6. The highest BCUT2D eigenvalue weighted by atomic mass is 16.3. The molecule has 0 aliphatic carbocycles. The maximum Gasteiger partial charge on any atom is 0.225 e. The molecule has 14 nitrogen and oxygen atoms in total. The van der Waals surface area contributed by atoms with E-state index in [4.69, 9.17) is 4.98 Å². The lowest BCUT2D eigenvalue weighted by atomic mass is 10.0. The van der Waals surface area contributed by atoms with Gasteiger partial charge in [-0.15, -0.1) is 20.4 Å². The first-order valence-corrected chi connectivity index (χ1v) is 16.3. The third kappa shape index (κ3) is 4.92.